The minimum Gasteiger partial charge on any atom is -1.00 e. The van der Waals surface area contributed by atoms with Crippen LogP contribution < -0.4 is 37.2 Å². The van der Waals surface area contributed by atoms with E-state index in [9.17, 15) is 0 Å². The van der Waals surface area contributed by atoms with E-state index in [0.29, 0.717) is 0 Å². The number of hydrogen-bond acceptors (Lipinski definition) is 2. The SMILES string of the molecule is C1=CN2CC=Cc3cc4c(c(c32)C1)Oc1c2c3c(cc1=C4)CC=C[N+]=3CC=C2.[Cl-]. The largest absolute Gasteiger partial charge is 1.00 e. The second-order valence-corrected chi connectivity index (χ2v) is 7.96. The first-order chi connectivity index (χ1) is 13.9. The zero-order chi connectivity index (χ0) is 18.2. The van der Waals surface area contributed by atoms with Gasteiger partial charge in [-0.25, -0.2) is 0 Å². The lowest BCUT2D eigenvalue weighted by atomic mass is 9.91. The molecule has 0 atom stereocenters. The Kier molecular flexibility index (Phi) is 3.48. The quantitative estimate of drug-likeness (QED) is 0.500. The monoisotopic (exact) mass is 398 g/mol. The molecular weight excluding hydrogens is 380 g/mol. The molecule has 4 heteroatoms. The summed E-state index contributed by atoms with van der Waals surface area (Å²) >= 11 is 0. The highest BCUT2D eigenvalue weighted by Crippen LogP contribution is 2.44. The van der Waals surface area contributed by atoms with E-state index in [0.717, 1.165) is 37.4 Å². The van der Waals surface area contributed by atoms with E-state index in [-0.39, 0.29) is 12.4 Å². The maximum absolute atomic E-state index is 6.70. The lowest BCUT2D eigenvalue weighted by Gasteiger charge is -2.33. The van der Waals surface area contributed by atoms with Gasteiger partial charge in [0, 0.05) is 41.1 Å². The molecule has 0 radical (unpaired) electrons. The minimum absolute atomic E-state index is 0. The van der Waals surface area contributed by atoms with Crippen molar-refractivity contribution in [2.24, 2.45) is 0 Å². The summed E-state index contributed by atoms with van der Waals surface area (Å²) < 4.78 is 9.03. The third-order valence-electron chi connectivity index (χ3n) is 6.31. The van der Waals surface area contributed by atoms with E-state index in [1.165, 1.54) is 44.1 Å². The van der Waals surface area contributed by atoms with Crippen LogP contribution in [-0.2, 0) is 12.8 Å². The smallest absolute Gasteiger partial charge is 0.220 e. The molecule has 0 unspecified atom stereocenters. The fourth-order valence-electron chi connectivity index (χ4n) is 5.17. The standard InChI is InChI=1S/C25H19N2O.ClH/c1-5-16-13-18-15-19-14-17-6-2-10-27-12-4-8-21(23(17)27)25(19)28-24(18)20-7-3-11-26(9-1)22(16)20;/h1-5,8,10-11,13-15H,6-7,9,12H2;1H/q+1;/p-1. The molecule has 2 aromatic carbocycles. The van der Waals surface area contributed by atoms with E-state index >= 15 is 0 Å². The van der Waals surface area contributed by atoms with Gasteiger partial charge < -0.3 is 22.0 Å². The third kappa shape index (κ3) is 2.22. The van der Waals surface area contributed by atoms with Crippen molar-refractivity contribution in [2.75, 3.05) is 18.0 Å². The van der Waals surface area contributed by atoms with Crippen molar-refractivity contribution >= 4 is 23.9 Å². The van der Waals surface area contributed by atoms with Crippen molar-refractivity contribution in [3.05, 3.63) is 87.2 Å². The van der Waals surface area contributed by atoms with Gasteiger partial charge in [0.2, 0.25) is 5.36 Å². The van der Waals surface area contributed by atoms with Crippen LogP contribution in [0.3, 0.4) is 0 Å². The Morgan fingerprint density at radius 3 is 2.86 bits per heavy atom. The van der Waals surface area contributed by atoms with Gasteiger partial charge in [0.05, 0.1) is 11.3 Å². The van der Waals surface area contributed by atoms with Gasteiger partial charge in [0.25, 0.3) is 0 Å². The topological polar surface area (TPSA) is 15.5 Å². The molecule has 5 aliphatic heterocycles. The molecule has 7 rings (SSSR count). The van der Waals surface area contributed by atoms with Crippen molar-refractivity contribution < 1.29 is 17.1 Å². The van der Waals surface area contributed by atoms with Gasteiger partial charge in [0.1, 0.15) is 11.5 Å². The van der Waals surface area contributed by atoms with Gasteiger partial charge in [0.15, 0.2) is 12.7 Å². The van der Waals surface area contributed by atoms with Gasteiger partial charge in [-0.3, -0.25) is 0 Å². The Morgan fingerprint density at radius 1 is 0.931 bits per heavy atom. The lowest BCUT2D eigenvalue weighted by molar-refractivity contribution is -0.00000563. The van der Waals surface area contributed by atoms with Crippen LogP contribution in [0.15, 0.2) is 48.8 Å². The molecule has 5 aliphatic rings. The molecule has 0 saturated carbocycles. The Hall–Kier alpha value is -3.04. The number of benzene rings is 2. The number of hydrogen-bond donors (Lipinski definition) is 0. The maximum Gasteiger partial charge on any atom is 0.220 e. The van der Waals surface area contributed by atoms with Crippen LogP contribution in [0.1, 0.15) is 27.8 Å². The Labute approximate surface area is 175 Å². The average molecular weight is 399 g/mol. The second kappa shape index (κ2) is 5.98. The summed E-state index contributed by atoms with van der Waals surface area (Å²) in [6, 6.07) is 4.60. The third-order valence-corrected chi connectivity index (χ3v) is 6.31. The summed E-state index contributed by atoms with van der Waals surface area (Å²) in [6.07, 6.45) is 22.1. The van der Waals surface area contributed by atoms with Crippen LogP contribution in [-0.4, -0.2) is 13.1 Å². The van der Waals surface area contributed by atoms with Gasteiger partial charge >= 0.3 is 0 Å². The fourth-order valence-corrected chi connectivity index (χ4v) is 5.17. The predicted molar refractivity (Wildman–Crippen MR) is 113 cm³/mol. The predicted octanol–water partition coefficient (Wildman–Crippen LogP) is 0.116. The van der Waals surface area contributed by atoms with Gasteiger partial charge in [-0.05, 0) is 48.4 Å². The highest BCUT2D eigenvalue weighted by molar-refractivity contribution is 5.84. The summed E-state index contributed by atoms with van der Waals surface area (Å²) in [4.78, 5) is 2.33. The number of ether oxygens (including phenoxy) is 1. The zero-order valence-electron chi connectivity index (χ0n) is 15.9. The van der Waals surface area contributed by atoms with Crippen LogP contribution in [0.2, 0.25) is 0 Å². The first kappa shape index (κ1) is 16.9. The Balaban J connectivity index is 0.00000165. The maximum atomic E-state index is 6.70. The Morgan fingerprint density at radius 2 is 1.90 bits per heavy atom. The van der Waals surface area contributed by atoms with Crippen molar-refractivity contribution in [1.29, 1.82) is 0 Å². The van der Waals surface area contributed by atoms with Gasteiger partial charge in [-0.2, -0.15) is 4.58 Å². The van der Waals surface area contributed by atoms with Crippen molar-refractivity contribution in [3.8, 4) is 11.5 Å². The molecule has 0 N–H and O–H groups in total. The van der Waals surface area contributed by atoms with Gasteiger partial charge in [-0.15, -0.1) is 0 Å². The fraction of sp³-hybridized carbons (Fsp3) is 0.160. The molecule has 0 aromatic heterocycles. The molecule has 0 saturated heterocycles. The van der Waals surface area contributed by atoms with Crippen molar-refractivity contribution in [1.82, 2.24) is 4.58 Å². The molecule has 0 fully saturated rings. The van der Waals surface area contributed by atoms with E-state index in [4.69, 9.17) is 4.74 Å². The summed E-state index contributed by atoms with van der Waals surface area (Å²) in [5.41, 5.74) is 7.71. The number of allylic oxidation sites excluding steroid dienone is 2. The van der Waals surface area contributed by atoms with Crippen molar-refractivity contribution in [2.45, 2.75) is 12.8 Å². The zero-order valence-corrected chi connectivity index (χ0v) is 16.6. The molecule has 2 aromatic rings. The summed E-state index contributed by atoms with van der Waals surface area (Å²) in [7, 11) is 0. The van der Waals surface area contributed by atoms with Crippen LogP contribution in [0.4, 0.5) is 5.69 Å². The highest BCUT2D eigenvalue weighted by Gasteiger charge is 2.29. The van der Waals surface area contributed by atoms with Gasteiger partial charge in [-0.1, -0.05) is 18.2 Å². The number of halogens is 1. The highest BCUT2D eigenvalue weighted by atomic mass is 35.5. The van der Waals surface area contributed by atoms with Crippen LogP contribution in [0.5, 0.6) is 11.5 Å². The van der Waals surface area contributed by atoms with E-state index in [2.05, 4.69) is 76.5 Å². The van der Waals surface area contributed by atoms with Crippen molar-refractivity contribution in [3.63, 3.8) is 0 Å². The molecule has 0 spiro atoms. The molecular formula is C25H19ClN2O. The molecule has 3 nitrogen and oxygen atoms in total. The average Bonchev–Trinajstić information content (AvgIpc) is 2.74. The molecule has 0 bridgehead atoms. The van der Waals surface area contributed by atoms with E-state index < -0.39 is 0 Å². The van der Waals surface area contributed by atoms with E-state index in [1.807, 2.05) is 0 Å². The number of anilines is 1. The molecule has 0 aliphatic carbocycles. The minimum atomic E-state index is 0. The van der Waals surface area contributed by atoms with Crippen LogP contribution in [0, 0.1) is 0 Å². The molecule has 142 valence electrons. The Bertz CT molecular complexity index is 1340. The van der Waals surface area contributed by atoms with Crippen LogP contribution in [0.25, 0.3) is 18.2 Å². The molecule has 29 heavy (non-hydrogen) atoms. The first-order valence-corrected chi connectivity index (χ1v) is 9.99. The number of fused-ring (bicyclic) bond motifs is 4. The number of nitrogens with zero attached hydrogens (tertiary/aromatic N) is 2. The molecule has 5 heterocycles. The molecule has 0 amide bonds. The first-order valence-electron chi connectivity index (χ1n) is 9.99. The second-order valence-electron chi connectivity index (χ2n) is 7.96. The number of rotatable bonds is 0. The summed E-state index contributed by atoms with van der Waals surface area (Å²) in [5, 5.41) is 2.51. The normalized spacial score (nSPS) is 18.1. The lowest BCUT2D eigenvalue weighted by Crippen LogP contribution is -3.00. The van der Waals surface area contributed by atoms with Crippen LogP contribution >= 0.6 is 0 Å². The van der Waals surface area contributed by atoms with E-state index in [1.54, 1.807) is 0 Å². The summed E-state index contributed by atoms with van der Waals surface area (Å²) in [6.45, 7) is 1.86. The summed E-state index contributed by atoms with van der Waals surface area (Å²) in [5.74, 6) is 2.04.